The Labute approximate surface area is 134 Å². The van der Waals surface area contributed by atoms with Gasteiger partial charge in [0, 0.05) is 30.4 Å². The van der Waals surface area contributed by atoms with Crippen LogP contribution in [0, 0.1) is 18.7 Å². The molecule has 0 aliphatic carbocycles. The fourth-order valence-electron chi connectivity index (χ4n) is 2.78. The van der Waals surface area contributed by atoms with Crippen molar-refractivity contribution in [1.82, 2.24) is 10.3 Å². The highest BCUT2D eigenvalue weighted by Gasteiger charge is 2.29. The summed E-state index contributed by atoms with van der Waals surface area (Å²) in [4.78, 5) is 4.15. The van der Waals surface area contributed by atoms with Crippen LogP contribution in [0.5, 0.6) is 5.75 Å². The summed E-state index contributed by atoms with van der Waals surface area (Å²) in [5.74, 6) is -0.0435. The van der Waals surface area contributed by atoms with E-state index in [1.165, 1.54) is 6.07 Å². The highest BCUT2D eigenvalue weighted by atomic mass is 35.5. The summed E-state index contributed by atoms with van der Waals surface area (Å²) < 4.78 is 20.2. The number of nitrogens with zero attached hydrogens (tertiary/aromatic N) is 1. The molecular formula is C17H18ClFN2O. The molecule has 3 rings (SSSR count). The molecule has 116 valence electrons. The van der Waals surface area contributed by atoms with Crippen LogP contribution in [0.2, 0.25) is 5.02 Å². The van der Waals surface area contributed by atoms with E-state index in [4.69, 9.17) is 16.3 Å². The van der Waals surface area contributed by atoms with Crippen molar-refractivity contribution in [2.24, 2.45) is 5.92 Å². The topological polar surface area (TPSA) is 34.1 Å². The van der Waals surface area contributed by atoms with E-state index in [0.717, 1.165) is 30.6 Å². The highest BCUT2D eigenvalue weighted by Crippen LogP contribution is 2.37. The molecular weight excluding hydrogens is 303 g/mol. The number of pyridine rings is 1. The number of hydrogen-bond donors (Lipinski definition) is 1. The van der Waals surface area contributed by atoms with Crippen LogP contribution in [0.3, 0.4) is 0 Å². The average Bonchev–Trinajstić information content (AvgIpc) is 3.06. The Morgan fingerprint density at radius 2 is 2.27 bits per heavy atom. The van der Waals surface area contributed by atoms with E-state index in [1.807, 2.05) is 19.1 Å². The van der Waals surface area contributed by atoms with E-state index in [0.29, 0.717) is 5.02 Å². The second-order valence-electron chi connectivity index (χ2n) is 5.59. The molecule has 2 aromatic rings. The van der Waals surface area contributed by atoms with Crippen molar-refractivity contribution in [1.29, 1.82) is 0 Å². The molecule has 1 fully saturated rings. The Morgan fingerprint density at radius 1 is 1.41 bits per heavy atom. The zero-order chi connectivity index (χ0) is 15.5. The average molecular weight is 321 g/mol. The summed E-state index contributed by atoms with van der Waals surface area (Å²) in [6.45, 7) is 3.62. The van der Waals surface area contributed by atoms with Crippen LogP contribution in [0.15, 0.2) is 36.7 Å². The highest BCUT2D eigenvalue weighted by molar-refractivity contribution is 6.32. The molecule has 3 nitrogen and oxygen atoms in total. The molecule has 1 N–H and O–H groups in total. The molecule has 1 aromatic heterocycles. The lowest BCUT2D eigenvalue weighted by Gasteiger charge is -2.25. The fourth-order valence-corrected chi connectivity index (χ4v) is 2.98. The maximum Gasteiger partial charge on any atom is 0.174 e. The van der Waals surface area contributed by atoms with Gasteiger partial charge in [-0.05, 0) is 37.6 Å². The van der Waals surface area contributed by atoms with Crippen LogP contribution in [-0.2, 0) is 0 Å². The maximum absolute atomic E-state index is 14.2. The quantitative estimate of drug-likeness (QED) is 0.927. The number of aryl methyl sites for hydroxylation is 1. The van der Waals surface area contributed by atoms with Crippen molar-refractivity contribution >= 4 is 11.6 Å². The van der Waals surface area contributed by atoms with E-state index in [2.05, 4.69) is 10.3 Å². The van der Waals surface area contributed by atoms with E-state index in [1.54, 1.807) is 18.5 Å². The minimum atomic E-state index is -0.435. The Kier molecular flexibility index (Phi) is 4.60. The van der Waals surface area contributed by atoms with Gasteiger partial charge < -0.3 is 10.1 Å². The van der Waals surface area contributed by atoms with Crippen molar-refractivity contribution in [3.05, 3.63) is 58.6 Å². The van der Waals surface area contributed by atoms with Gasteiger partial charge in [0.25, 0.3) is 0 Å². The lowest BCUT2D eigenvalue weighted by Crippen LogP contribution is -2.22. The van der Waals surface area contributed by atoms with Crippen molar-refractivity contribution in [3.63, 3.8) is 0 Å². The summed E-state index contributed by atoms with van der Waals surface area (Å²) >= 11 is 6.24. The smallest absolute Gasteiger partial charge is 0.174 e. The van der Waals surface area contributed by atoms with Crippen LogP contribution in [0.25, 0.3) is 0 Å². The second kappa shape index (κ2) is 6.63. The summed E-state index contributed by atoms with van der Waals surface area (Å²) in [5.41, 5.74) is 1.74. The van der Waals surface area contributed by atoms with E-state index < -0.39 is 5.82 Å². The molecule has 1 saturated heterocycles. The molecule has 22 heavy (non-hydrogen) atoms. The Bertz CT molecular complexity index is 645. The van der Waals surface area contributed by atoms with Crippen molar-refractivity contribution in [2.75, 3.05) is 13.1 Å². The number of aromatic nitrogens is 1. The first-order valence-corrected chi connectivity index (χ1v) is 7.76. The molecule has 2 atom stereocenters. The number of ether oxygens (including phenoxy) is 1. The lowest BCUT2D eigenvalue weighted by molar-refractivity contribution is 0.138. The minimum absolute atomic E-state index is 0.127. The lowest BCUT2D eigenvalue weighted by atomic mass is 9.96. The molecule has 0 bridgehead atoms. The maximum atomic E-state index is 14.2. The van der Waals surface area contributed by atoms with E-state index >= 15 is 0 Å². The van der Waals surface area contributed by atoms with Crippen LogP contribution in [-0.4, -0.2) is 18.1 Å². The summed E-state index contributed by atoms with van der Waals surface area (Å²) in [7, 11) is 0. The van der Waals surface area contributed by atoms with Gasteiger partial charge in [-0.3, -0.25) is 4.98 Å². The molecule has 0 spiro atoms. The number of halogens is 2. The van der Waals surface area contributed by atoms with Gasteiger partial charge in [-0.15, -0.1) is 0 Å². The molecule has 0 amide bonds. The van der Waals surface area contributed by atoms with Gasteiger partial charge in [-0.2, -0.15) is 0 Å². The molecule has 1 aliphatic heterocycles. The molecule has 2 heterocycles. The third-order valence-electron chi connectivity index (χ3n) is 4.03. The predicted molar refractivity (Wildman–Crippen MR) is 84.7 cm³/mol. The number of nitrogens with one attached hydrogen (secondary N) is 1. The van der Waals surface area contributed by atoms with Crippen LogP contribution in [0.4, 0.5) is 4.39 Å². The third-order valence-corrected chi connectivity index (χ3v) is 4.50. The summed E-state index contributed by atoms with van der Waals surface area (Å²) in [6, 6.07) is 6.87. The van der Waals surface area contributed by atoms with Crippen molar-refractivity contribution in [3.8, 4) is 5.75 Å². The van der Waals surface area contributed by atoms with Crippen molar-refractivity contribution < 1.29 is 9.13 Å². The Morgan fingerprint density at radius 3 is 2.95 bits per heavy atom. The van der Waals surface area contributed by atoms with Gasteiger partial charge >= 0.3 is 0 Å². The van der Waals surface area contributed by atoms with E-state index in [-0.39, 0.29) is 17.8 Å². The predicted octanol–water partition coefficient (Wildman–Crippen LogP) is 3.91. The minimum Gasteiger partial charge on any atom is -0.481 e. The molecule has 1 aliphatic rings. The second-order valence-corrected chi connectivity index (χ2v) is 5.96. The third kappa shape index (κ3) is 3.08. The van der Waals surface area contributed by atoms with Gasteiger partial charge in [0.2, 0.25) is 0 Å². The molecule has 1 aromatic carbocycles. The normalized spacial score (nSPS) is 19.1. The van der Waals surface area contributed by atoms with Crippen LogP contribution in [0.1, 0.15) is 23.7 Å². The SMILES string of the molecule is Cc1ccc(F)c(O[C@H](c2cccnc2)[C@@H]2CCNC2)c1Cl. The van der Waals surface area contributed by atoms with Crippen LogP contribution >= 0.6 is 11.6 Å². The summed E-state index contributed by atoms with van der Waals surface area (Å²) in [5, 5.41) is 3.66. The van der Waals surface area contributed by atoms with Crippen molar-refractivity contribution in [2.45, 2.75) is 19.4 Å². The zero-order valence-electron chi connectivity index (χ0n) is 12.4. The molecule has 5 heteroatoms. The van der Waals surface area contributed by atoms with Crippen LogP contribution < -0.4 is 10.1 Å². The first-order chi connectivity index (χ1) is 10.7. The van der Waals surface area contributed by atoms with Gasteiger partial charge in [-0.1, -0.05) is 23.7 Å². The number of benzene rings is 1. The number of rotatable bonds is 4. The number of hydrogen-bond acceptors (Lipinski definition) is 3. The van der Waals surface area contributed by atoms with Gasteiger partial charge in [0.05, 0.1) is 5.02 Å². The molecule has 0 saturated carbocycles. The fraction of sp³-hybridized carbons (Fsp3) is 0.353. The summed E-state index contributed by atoms with van der Waals surface area (Å²) in [6.07, 6.45) is 4.19. The molecule has 0 unspecified atom stereocenters. The monoisotopic (exact) mass is 320 g/mol. The van der Waals surface area contributed by atoms with Gasteiger partial charge in [0.1, 0.15) is 6.10 Å². The largest absolute Gasteiger partial charge is 0.481 e. The zero-order valence-corrected chi connectivity index (χ0v) is 13.1. The molecule has 0 radical (unpaired) electrons. The first kappa shape index (κ1) is 15.3. The first-order valence-electron chi connectivity index (χ1n) is 7.38. The van der Waals surface area contributed by atoms with E-state index in [9.17, 15) is 4.39 Å². The van der Waals surface area contributed by atoms with Gasteiger partial charge in [0.15, 0.2) is 11.6 Å². The standard InChI is InChI=1S/C17H18ClFN2O/c1-11-4-5-14(19)17(15(11)18)22-16(13-6-8-21-10-13)12-3-2-7-20-9-12/h2-5,7,9,13,16,21H,6,8,10H2,1H3/t13-,16-/m1/s1. The van der Waals surface area contributed by atoms with Gasteiger partial charge in [-0.25, -0.2) is 4.39 Å². The Balaban J connectivity index is 1.95. The Hall–Kier alpha value is -1.65.